The van der Waals surface area contributed by atoms with E-state index in [0.717, 1.165) is 18.5 Å². The summed E-state index contributed by atoms with van der Waals surface area (Å²) in [4.78, 5) is 10.5. The average Bonchev–Trinajstić information content (AvgIpc) is 3.13. The van der Waals surface area contributed by atoms with Gasteiger partial charge in [0.2, 0.25) is 0 Å². The van der Waals surface area contributed by atoms with E-state index in [-0.39, 0.29) is 5.69 Å². The number of nitrogen functional groups attached to an aromatic ring is 1. The van der Waals surface area contributed by atoms with Gasteiger partial charge < -0.3 is 5.73 Å². The predicted molar refractivity (Wildman–Crippen MR) is 72.1 cm³/mol. The summed E-state index contributed by atoms with van der Waals surface area (Å²) in [5.41, 5.74) is 7.25. The second-order valence-electron chi connectivity index (χ2n) is 4.44. The first-order valence-corrected chi connectivity index (χ1v) is 6.52. The van der Waals surface area contributed by atoms with Crippen LogP contribution in [-0.4, -0.2) is 19.9 Å². The highest BCUT2D eigenvalue weighted by Crippen LogP contribution is 2.43. The minimum Gasteiger partial charge on any atom is -0.381 e. The van der Waals surface area contributed by atoms with Crippen LogP contribution in [0.3, 0.4) is 0 Å². The van der Waals surface area contributed by atoms with E-state index in [0.29, 0.717) is 21.9 Å². The van der Waals surface area contributed by atoms with E-state index in [2.05, 4.69) is 26.2 Å². The Kier molecular flexibility index (Phi) is 2.74. The first kappa shape index (κ1) is 12.1. The third-order valence-corrected chi connectivity index (χ3v) is 3.74. The lowest BCUT2D eigenvalue weighted by molar-refractivity contribution is -0.385. The van der Waals surface area contributed by atoms with Gasteiger partial charge in [-0.3, -0.25) is 10.1 Å². The van der Waals surface area contributed by atoms with Crippen molar-refractivity contribution in [2.45, 2.75) is 18.8 Å². The zero-order valence-corrected chi connectivity index (χ0v) is 11.4. The molecule has 98 valence electrons. The highest BCUT2D eigenvalue weighted by molar-refractivity contribution is 9.10. The Morgan fingerprint density at radius 3 is 2.84 bits per heavy atom. The number of rotatable bonds is 3. The Morgan fingerprint density at radius 2 is 2.21 bits per heavy atom. The summed E-state index contributed by atoms with van der Waals surface area (Å²) in [6, 6.07) is 4.84. The summed E-state index contributed by atoms with van der Waals surface area (Å²) in [6.07, 6.45) is 2.10. The summed E-state index contributed by atoms with van der Waals surface area (Å²) < 4.78 is 2.02. The van der Waals surface area contributed by atoms with Crippen LogP contribution in [0.1, 0.15) is 24.5 Å². The first-order chi connectivity index (χ1) is 9.08. The second kappa shape index (κ2) is 4.30. The van der Waals surface area contributed by atoms with Crippen LogP contribution in [0.15, 0.2) is 22.7 Å². The Labute approximate surface area is 116 Å². The fourth-order valence-corrected chi connectivity index (χ4v) is 2.39. The molecule has 1 heterocycles. The number of nitrogens with zero attached hydrogens (tertiary/aromatic N) is 4. The zero-order valence-electron chi connectivity index (χ0n) is 9.78. The molecule has 1 aromatic carbocycles. The van der Waals surface area contributed by atoms with Gasteiger partial charge in [-0.2, -0.15) is 0 Å². The van der Waals surface area contributed by atoms with E-state index in [1.54, 1.807) is 16.8 Å². The van der Waals surface area contributed by atoms with Crippen LogP contribution in [0.2, 0.25) is 0 Å². The van der Waals surface area contributed by atoms with Crippen LogP contribution in [0, 0.1) is 10.1 Å². The van der Waals surface area contributed by atoms with Crippen molar-refractivity contribution >= 4 is 27.4 Å². The predicted octanol–water partition coefficient (Wildman–Crippen LogP) is 2.40. The molecule has 0 saturated heterocycles. The lowest BCUT2D eigenvalue weighted by Crippen LogP contribution is -2.03. The molecule has 0 aliphatic heterocycles. The number of nitro benzene ring substituents is 1. The molecule has 0 atom stereocenters. The molecule has 3 rings (SSSR count). The highest BCUT2D eigenvalue weighted by Gasteiger charge is 2.31. The largest absolute Gasteiger partial charge is 0.381 e. The van der Waals surface area contributed by atoms with Gasteiger partial charge in [0.05, 0.1) is 20.8 Å². The molecular weight excluding hydrogens is 314 g/mol. The van der Waals surface area contributed by atoms with Gasteiger partial charge in [-0.15, -0.1) is 5.10 Å². The quantitative estimate of drug-likeness (QED) is 0.690. The van der Waals surface area contributed by atoms with E-state index in [1.807, 2.05) is 0 Å². The second-order valence-corrected chi connectivity index (χ2v) is 5.29. The number of hydrogen-bond donors (Lipinski definition) is 1. The summed E-state index contributed by atoms with van der Waals surface area (Å²) in [5.74, 6) is 0.755. The first-order valence-electron chi connectivity index (χ1n) is 5.73. The van der Waals surface area contributed by atoms with Crippen molar-refractivity contribution in [3.05, 3.63) is 38.5 Å². The van der Waals surface area contributed by atoms with E-state index in [4.69, 9.17) is 5.73 Å². The molecule has 1 fully saturated rings. The van der Waals surface area contributed by atoms with Gasteiger partial charge in [-0.05, 0) is 40.9 Å². The zero-order chi connectivity index (χ0) is 13.6. The topological polar surface area (TPSA) is 99.9 Å². The van der Waals surface area contributed by atoms with Crippen molar-refractivity contribution in [1.29, 1.82) is 0 Å². The fraction of sp³-hybridized carbons (Fsp3) is 0.273. The van der Waals surface area contributed by atoms with E-state index >= 15 is 0 Å². The van der Waals surface area contributed by atoms with Gasteiger partial charge in [0.15, 0.2) is 5.82 Å². The lowest BCUT2D eigenvalue weighted by atomic mass is 10.2. The monoisotopic (exact) mass is 323 g/mol. The molecule has 8 heteroatoms. The molecular formula is C11H10BrN5O2. The van der Waals surface area contributed by atoms with Gasteiger partial charge in [0.1, 0.15) is 0 Å². The molecule has 2 N–H and O–H groups in total. The van der Waals surface area contributed by atoms with Gasteiger partial charge in [-0.1, -0.05) is 5.21 Å². The molecule has 0 unspecified atom stereocenters. The summed E-state index contributed by atoms with van der Waals surface area (Å²) in [5, 5.41) is 18.8. The fourth-order valence-electron chi connectivity index (χ4n) is 2.00. The number of benzene rings is 1. The normalized spacial score (nSPS) is 14.6. The Bertz CT molecular complexity index is 665. The van der Waals surface area contributed by atoms with E-state index in [1.165, 1.54) is 6.07 Å². The maximum absolute atomic E-state index is 10.9. The number of hydrogen-bond acceptors (Lipinski definition) is 5. The highest BCUT2D eigenvalue weighted by atomic mass is 79.9. The van der Waals surface area contributed by atoms with Crippen molar-refractivity contribution in [3.63, 3.8) is 0 Å². The van der Waals surface area contributed by atoms with Crippen LogP contribution in [0.4, 0.5) is 11.5 Å². The molecule has 1 aromatic heterocycles. The number of aromatic nitrogens is 3. The van der Waals surface area contributed by atoms with Crippen LogP contribution >= 0.6 is 15.9 Å². The third-order valence-electron chi connectivity index (χ3n) is 3.07. The molecule has 1 aliphatic rings. The Balaban J connectivity index is 2.12. The summed E-state index contributed by atoms with van der Waals surface area (Å²) in [6.45, 7) is 0. The maximum atomic E-state index is 10.9. The summed E-state index contributed by atoms with van der Waals surface area (Å²) in [7, 11) is 0. The minimum atomic E-state index is -0.440. The number of nitro groups is 1. The van der Waals surface area contributed by atoms with Crippen LogP contribution in [0.5, 0.6) is 0 Å². The molecule has 0 radical (unpaired) electrons. The van der Waals surface area contributed by atoms with E-state index < -0.39 is 4.92 Å². The van der Waals surface area contributed by atoms with Crippen LogP contribution < -0.4 is 5.73 Å². The molecule has 1 saturated carbocycles. The summed E-state index contributed by atoms with van der Waals surface area (Å²) >= 11 is 3.16. The van der Waals surface area contributed by atoms with Gasteiger partial charge >= 0.3 is 0 Å². The van der Waals surface area contributed by atoms with Gasteiger partial charge in [0, 0.05) is 12.0 Å². The smallest absolute Gasteiger partial charge is 0.285 e. The molecule has 0 bridgehead atoms. The van der Waals surface area contributed by atoms with Crippen molar-refractivity contribution in [2.75, 3.05) is 5.73 Å². The van der Waals surface area contributed by atoms with Crippen molar-refractivity contribution in [1.82, 2.24) is 15.0 Å². The molecule has 2 aromatic rings. The van der Waals surface area contributed by atoms with Crippen molar-refractivity contribution < 1.29 is 4.92 Å². The van der Waals surface area contributed by atoms with Gasteiger partial charge in [0.25, 0.3) is 5.69 Å². The van der Waals surface area contributed by atoms with Gasteiger partial charge in [-0.25, -0.2) is 4.68 Å². The number of halogens is 1. The molecule has 0 amide bonds. The van der Waals surface area contributed by atoms with Crippen LogP contribution in [-0.2, 0) is 0 Å². The standard InChI is InChI=1S/C11H10BrN5O2/c12-8-4-3-7(5-9(8)17(18)19)16-10(6-1-2-6)11(13)14-15-16/h3-6H,1-2,13H2. The minimum absolute atomic E-state index is 0.00619. The molecule has 0 spiro atoms. The molecule has 7 nitrogen and oxygen atoms in total. The average molecular weight is 324 g/mol. The SMILES string of the molecule is Nc1nnn(-c2ccc(Br)c([N+](=O)[O-])c2)c1C1CC1. The maximum Gasteiger partial charge on any atom is 0.285 e. The van der Waals surface area contributed by atoms with E-state index in [9.17, 15) is 10.1 Å². The molecule has 19 heavy (non-hydrogen) atoms. The Morgan fingerprint density at radius 1 is 1.47 bits per heavy atom. The third kappa shape index (κ3) is 2.07. The van der Waals surface area contributed by atoms with Crippen LogP contribution in [0.25, 0.3) is 5.69 Å². The Hall–Kier alpha value is -1.96. The van der Waals surface area contributed by atoms with Crippen molar-refractivity contribution in [3.8, 4) is 5.69 Å². The molecule has 1 aliphatic carbocycles. The van der Waals surface area contributed by atoms with Crippen molar-refractivity contribution in [2.24, 2.45) is 0 Å². The number of anilines is 1. The lowest BCUT2D eigenvalue weighted by Gasteiger charge is -2.06. The number of nitrogens with two attached hydrogens (primary N) is 1.